The molecule has 0 aliphatic carbocycles. The van der Waals surface area contributed by atoms with Gasteiger partial charge in [0.1, 0.15) is 5.75 Å². The Labute approximate surface area is 113 Å². The van der Waals surface area contributed by atoms with Crippen molar-refractivity contribution < 1.29 is 9.53 Å². The van der Waals surface area contributed by atoms with Crippen molar-refractivity contribution in [1.82, 2.24) is 9.78 Å². The number of hydrogen-bond acceptors (Lipinski definition) is 3. The van der Waals surface area contributed by atoms with E-state index in [4.69, 9.17) is 4.74 Å². The van der Waals surface area contributed by atoms with E-state index in [2.05, 4.69) is 25.0 Å². The largest absolute Gasteiger partial charge is 0.496 e. The van der Waals surface area contributed by atoms with Gasteiger partial charge in [0.2, 0.25) is 0 Å². The monoisotopic (exact) mass is 258 g/mol. The summed E-state index contributed by atoms with van der Waals surface area (Å²) in [5, 5.41) is 4.14. The molecule has 0 radical (unpaired) electrons. The minimum Gasteiger partial charge on any atom is -0.496 e. The van der Waals surface area contributed by atoms with Crippen LogP contribution in [-0.4, -0.2) is 23.2 Å². The molecule has 19 heavy (non-hydrogen) atoms. The Kier molecular flexibility index (Phi) is 3.69. The van der Waals surface area contributed by atoms with E-state index in [1.165, 1.54) is 5.56 Å². The van der Waals surface area contributed by atoms with Crippen LogP contribution in [0.25, 0.3) is 11.3 Å². The number of nitrogens with zero attached hydrogens (tertiary/aromatic N) is 2. The molecule has 4 heteroatoms. The quantitative estimate of drug-likeness (QED) is 0.792. The van der Waals surface area contributed by atoms with Gasteiger partial charge in [0.05, 0.1) is 24.6 Å². The smallest absolute Gasteiger partial charge is 0.153 e. The van der Waals surface area contributed by atoms with Gasteiger partial charge in [-0.2, -0.15) is 5.10 Å². The fraction of sp³-hybridized carbons (Fsp3) is 0.333. The maximum Gasteiger partial charge on any atom is 0.153 e. The Balaban J connectivity index is 2.68. The van der Waals surface area contributed by atoms with Gasteiger partial charge in [-0.1, -0.05) is 19.9 Å². The van der Waals surface area contributed by atoms with Crippen molar-refractivity contribution in [3.63, 3.8) is 0 Å². The van der Waals surface area contributed by atoms with Gasteiger partial charge in [-0.15, -0.1) is 0 Å². The number of hydrogen-bond donors (Lipinski definition) is 0. The highest BCUT2D eigenvalue weighted by Gasteiger charge is 2.16. The standard InChI is InChI=1S/C15H18N2O2/c1-10(2)11-5-6-14(19-4)13(7-11)15-12(9-18)8-16-17(15)3/h5-10H,1-4H3. The number of carbonyl (C=O) groups excluding carboxylic acids is 1. The molecule has 4 nitrogen and oxygen atoms in total. The summed E-state index contributed by atoms with van der Waals surface area (Å²) in [6.45, 7) is 4.27. The van der Waals surface area contributed by atoms with Gasteiger partial charge in [0.15, 0.2) is 6.29 Å². The molecule has 0 saturated carbocycles. The molecule has 1 heterocycles. The first-order valence-corrected chi connectivity index (χ1v) is 6.24. The van der Waals surface area contributed by atoms with Crippen molar-refractivity contribution in [2.24, 2.45) is 7.05 Å². The van der Waals surface area contributed by atoms with Crippen LogP contribution in [0.5, 0.6) is 5.75 Å². The van der Waals surface area contributed by atoms with Gasteiger partial charge in [0, 0.05) is 12.6 Å². The number of carbonyl (C=O) groups is 1. The number of aryl methyl sites for hydroxylation is 1. The fourth-order valence-electron chi connectivity index (χ4n) is 2.14. The van der Waals surface area contributed by atoms with Gasteiger partial charge in [-0.3, -0.25) is 9.48 Å². The molecule has 0 spiro atoms. The molecule has 0 fully saturated rings. The highest BCUT2D eigenvalue weighted by molar-refractivity contribution is 5.87. The maximum absolute atomic E-state index is 11.1. The van der Waals surface area contributed by atoms with E-state index in [1.807, 2.05) is 19.2 Å². The number of aldehydes is 1. The summed E-state index contributed by atoms with van der Waals surface area (Å²) in [5.41, 5.74) is 3.46. The van der Waals surface area contributed by atoms with E-state index in [0.717, 1.165) is 23.3 Å². The molecule has 0 amide bonds. The minimum atomic E-state index is 0.414. The molecule has 2 aromatic rings. The van der Waals surface area contributed by atoms with E-state index in [0.29, 0.717) is 11.5 Å². The predicted octanol–water partition coefficient (Wildman–Crippen LogP) is 3.03. The zero-order chi connectivity index (χ0) is 14.0. The van der Waals surface area contributed by atoms with Gasteiger partial charge < -0.3 is 4.74 Å². The molecule has 1 aromatic carbocycles. The topological polar surface area (TPSA) is 44.1 Å². The first-order valence-electron chi connectivity index (χ1n) is 6.24. The summed E-state index contributed by atoms with van der Waals surface area (Å²) in [6.07, 6.45) is 2.40. The van der Waals surface area contributed by atoms with Crippen LogP contribution in [0, 0.1) is 0 Å². The van der Waals surface area contributed by atoms with E-state index in [1.54, 1.807) is 18.0 Å². The molecule has 100 valence electrons. The van der Waals surface area contributed by atoms with Crippen molar-refractivity contribution in [1.29, 1.82) is 0 Å². The molecule has 0 saturated heterocycles. The Bertz CT molecular complexity index is 600. The van der Waals surface area contributed by atoms with Crippen molar-refractivity contribution in [2.45, 2.75) is 19.8 Å². The molecule has 0 atom stereocenters. The van der Waals surface area contributed by atoms with Crippen molar-refractivity contribution in [2.75, 3.05) is 7.11 Å². The van der Waals surface area contributed by atoms with Crippen LogP contribution < -0.4 is 4.74 Å². The van der Waals surface area contributed by atoms with E-state index in [-0.39, 0.29) is 0 Å². The van der Waals surface area contributed by atoms with Crippen LogP contribution in [0.4, 0.5) is 0 Å². The Morgan fingerprint density at radius 2 is 2.11 bits per heavy atom. The molecule has 0 N–H and O–H groups in total. The molecule has 0 bridgehead atoms. The highest BCUT2D eigenvalue weighted by Crippen LogP contribution is 2.34. The molecular weight excluding hydrogens is 240 g/mol. The minimum absolute atomic E-state index is 0.414. The van der Waals surface area contributed by atoms with Crippen LogP contribution in [-0.2, 0) is 7.05 Å². The Morgan fingerprint density at radius 1 is 1.37 bits per heavy atom. The molecule has 1 aromatic heterocycles. The second-order valence-electron chi connectivity index (χ2n) is 4.80. The summed E-state index contributed by atoms with van der Waals surface area (Å²) in [7, 11) is 3.45. The average Bonchev–Trinajstić information content (AvgIpc) is 2.78. The fourth-order valence-corrected chi connectivity index (χ4v) is 2.14. The summed E-state index contributed by atoms with van der Waals surface area (Å²) in [4.78, 5) is 11.1. The summed E-state index contributed by atoms with van der Waals surface area (Å²) >= 11 is 0. The number of methoxy groups -OCH3 is 1. The summed E-state index contributed by atoms with van der Waals surface area (Å²) < 4.78 is 7.10. The highest BCUT2D eigenvalue weighted by atomic mass is 16.5. The number of benzene rings is 1. The third kappa shape index (κ3) is 2.38. The van der Waals surface area contributed by atoms with Crippen molar-refractivity contribution in [3.8, 4) is 17.0 Å². The van der Waals surface area contributed by atoms with Crippen LogP contribution in [0.2, 0.25) is 0 Å². The summed E-state index contributed by atoms with van der Waals surface area (Å²) in [5.74, 6) is 1.16. The van der Waals surface area contributed by atoms with E-state index >= 15 is 0 Å². The normalized spacial score (nSPS) is 10.8. The second-order valence-corrected chi connectivity index (χ2v) is 4.80. The molecular formula is C15H18N2O2. The van der Waals surface area contributed by atoms with Gasteiger partial charge in [-0.05, 0) is 23.6 Å². The lowest BCUT2D eigenvalue weighted by Gasteiger charge is -2.13. The third-order valence-electron chi connectivity index (χ3n) is 3.24. The van der Waals surface area contributed by atoms with Crippen LogP contribution in [0.1, 0.15) is 35.7 Å². The van der Waals surface area contributed by atoms with Gasteiger partial charge >= 0.3 is 0 Å². The number of ether oxygens (including phenoxy) is 1. The van der Waals surface area contributed by atoms with Crippen LogP contribution in [0.15, 0.2) is 24.4 Å². The maximum atomic E-state index is 11.1. The Hall–Kier alpha value is -2.10. The predicted molar refractivity (Wildman–Crippen MR) is 74.7 cm³/mol. The molecule has 0 unspecified atom stereocenters. The SMILES string of the molecule is COc1ccc(C(C)C)cc1-c1c(C=O)cnn1C. The van der Waals surface area contributed by atoms with Crippen molar-refractivity contribution >= 4 is 6.29 Å². The third-order valence-corrected chi connectivity index (χ3v) is 3.24. The van der Waals surface area contributed by atoms with E-state index < -0.39 is 0 Å². The number of aromatic nitrogens is 2. The lowest BCUT2D eigenvalue weighted by molar-refractivity contribution is 0.112. The zero-order valence-electron chi connectivity index (χ0n) is 11.7. The molecule has 0 aliphatic heterocycles. The first kappa shape index (κ1) is 13.3. The molecule has 2 rings (SSSR count). The lowest BCUT2D eigenvalue weighted by atomic mass is 9.98. The van der Waals surface area contributed by atoms with Crippen LogP contribution in [0.3, 0.4) is 0 Å². The summed E-state index contributed by atoms with van der Waals surface area (Å²) in [6, 6.07) is 6.05. The number of rotatable bonds is 4. The second kappa shape index (κ2) is 5.26. The average molecular weight is 258 g/mol. The Morgan fingerprint density at radius 3 is 2.68 bits per heavy atom. The van der Waals surface area contributed by atoms with E-state index in [9.17, 15) is 4.79 Å². The van der Waals surface area contributed by atoms with Crippen LogP contribution >= 0.6 is 0 Å². The lowest BCUT2D eigenvalue weighted by Crippen LogP contribution is -1.99. The van der Waals surface area contributed by atoms with Crippen molar-refractivity contribution in [3.05, 3.63) is 35.5 Å². The zero-order valence-corrected chi connectivity index (χ0v) is 11.7. The molecule has 0 aliphatic rings. The first-order chi connectivity index (χ1) is 9.08. The van der Waals surface area contributed by atoms with Gasteiger partial charge in [-0.25, -0.2) is 0 Å². The van der Waals surface area contributed by atoms with Gasteiger partial charge in [0.25, 0.3) is 0 Å².